The molecule has 0 aliphatic carbocycles. The Morgan fingerprint density at radius 2 is 0.535 bits per heavy atom. The number of nitrogens with zero attached hydrogens (tertiary/aromatic N) is 1. The van der Waals surface area contributed by atoms with Crippen molar-refractivity contribution < 1.29 is 0 Å². The van der Waals surface area contributed by atoms with Crippen molar-refractivity contribution in [3.8, 4) is 0 Å². The van der Waals surface area contributed by atoms with Crippen molar-refractivity contribution in [1.82, 2.24) is 0 Å². The number of rotatable bonds is 9. The lowest BCUT2D eigenvalue weighted by molar-refractivity contribution is 1.25. The van der Waals surface area contributed by atoms with E-state index >= 15 is 0 Å². The Bertz CT molecular complexity index is 1690. The zero-order valence-corrected chi connectivity index (χ0v) is 23.5. The first-order valence-corrected chi connectivity index (χ1v) is 14.1. The van der Waals surface area contributed by atoms with E-state index in [1.54, 1.807) is 0 Å². The fourth-order valence-corrected chi connectivity index (χ4v) is 5.31. The lowest BCUT2D eigenvalue weighted by Gasteiger charge is -2.31. The molecule has 6 aromatic carbocycles. The molecule has 43 heavy (non-hydrogen) atoms. The molecule has 0 heterocycles. The van der Waals surface area contributed by atoms with E-state index in [2.05, 4.69) is 4.90 Å². The molecule has 0 spiro atoms. The number of anilines is 3. The van der Waals surface area contributed by atoms with Gasteiger partial charge in [0.25, 0.3) is 0 Å². The van der Waals surface area contributed by atoms with E-state index in [0.717, 1.165) is 50.4 Å². The summed E-state index contributed by atoms with van der Waals surface area (Å²) in [5, 5.41) is 27.8. The second kappa shape index (κ2) is 12.3. The lowest BCUT2D eigenvalue weighted by atomic mass is 9.95. The minimum Gasteiger partial charge on any atom is -0.308 e. The van der Waals surface area contributed by atoms with Crippen molar-refractivity contribution in [2.45, 2.75) is 0 Å². The molecule has 0 fully saturated rings. The Hall–Kier alpha value is -5.87. The molecule has 0 unspecified atom stereocenters. The molecular weight excluding hydrogens is 524 g/mol. The first kappa shape index (κ1) is 27.3. The van der Waals surface area contributed by atoms with Crippen LogP contribution in [0.3, 0.4) is 0 Å². The van der Waals surface area contributed by atoms with Crippen LogP contribution < -0.4 is 4.90 Å². The van der Waals surface area contributed by atoms with Gasteiger partial charge in [-0.05, 0) is 18.2 Å². The number of nitrogens with one attached hydrogen (secondary N) is 3. The quantitative estimate of drug-likeness (QED) is 0.153. The fourth-order valence-electron chi connectivity index (χ4n) is 5.31. The molecular formula is C39H30N4. The number of hydrogen-bond acceptors (Lipinski definition) is 4. The van der Waals surface area contributed by atoms with E-state index in [1.807, 2.05) is 164 Å². The van der Waals surface area contributed by atoms with Crippen LogP contribution in [0.25, 0.3) is 0 Å². The molecule has 0 saturated heterocycles. The van der Waals surface area contributed by atoms with Crippen molar-refractivity contribution in [2.75, 3.05) is 4.90 Å². The van der Waals surface area contributed by atoms with Crippen LogP contribution >= 0.6 is 0 Å². The van der Waals surface area contributed by atoms with Crippen LogP contribution in [0.15, 0.2) is 164 Å². The average Bonchev–Trinajstić information content (AvgIpc) is 3.09. The fraction of sp³-hybridized carbons (Fsp3) is 0. The zero-order valence-electron chi connectivity index (χ0n) is 23.5. The molecule has 4 nitrogen and oxygen atoms in total. The second-order valence-electron chi connectivity index (χ2n) is 10.1. The minimum atomic E-state index is 0.396. The molecule has 0 aliphatic heterocycles. The Morgan fingerprint density at radius 3 is 0.814 bits per heavy atom. The summed E-state index contributed by atoms with van der Waals surface area (Å²) in [5.41, 5.74) is 8.23. The third-order valence-electron chi connectivity index (χ3n) is 7.43. The van der Waals surface area contributed by atoms with E-state index in [1.165, 1.54) is 0 Å². The first-order valence-electron chi connectivity index (χ1n) is 14.1. The minimum absolute atomic E-state index is 0.396. The summed E-state index contributed by atoms with van der Waals surface area (Å²) in [4.78, 5) is 2.10. The Labute approximate surface area is 252 Å². The summed E-state index contributed by atoms with van der Waals surface area (Å²) in [5.74, 6) is 0. The van der Waals surface area contributed by atoms with Gasteiger partial charge in [0.05, 0.1) is 34.2 Å². The van der Waals surface area contributed by atoms with E-state index in [9.17, 15) is 16.2 Å². The Kier molecular flexibility index (Phi) is 7.83. The highest BCUT2D eigenvalue weighted by Gasteiger charge is 2.25. The van der Waals surface area contributed by atoms with Gasteiger partial charge in [-0.25, -0.2) is 0 Å². The van der Waals surface area contributed by atoms with Gasteiger partial charge in [0.2, 0.25) is 0 Å². The SMILES string of the molecule is N=C(c1ccccc1)c1ccccc1N(c1ccccc1C(=N)c1ccccc1)c1ccccc1C(=N)c1ccccc1. The molecule has 0 atom stereocenters. The summed E-state index contributed by atoms with van der Waals surface area (Å²) >= 11 is 0. The molecule has 0 aliphatic rings. The molecule has 6 rings (SSSR count). The second-order valence-corrected chi connectivity index (χ2v) is 10.1. The van der Waals surface area contributed by atoms with E-state index in [0.29, 0.717) is 17.1 Å². The van der Waals surface area contributed by atoms with Crippen LogP contribution in [0.4, 0.5) is 17.1 Å². The molecule has 4 heteroatoms. The van der Waals surface area contributed by atoms with Crippen molar-refractivity contribution >= 4 is 34.2 Å². The molecule has 0 radical (unpaired) electrons. The van der Waals surface area contributed by atoms with Crippen LogP contribution in [-0.2, 0) is 0 Å². The molecule has 3 N–H and O–H groups in total. The maximum atomic E-state index is 9.26. The molecule has 0 amide bonds. The van der Waals surface area contributed by atoms with Gasteiger partial charge in [-0.1, -0.05) is 146 Å². The molecule has 0 bridgehead atoms. The first-order chi connectivity index (χ1) is 21.1. The maximum Gasteiger partial charge on any atom is 0.0705 e. The maximum absolute atomic E-state index is 9.26. The summed E-state index contributed by atoms with van der Waals surface area (Å²) < 4.78 is 0. The highest BCUT2D eigenvalue weighted by molar-refractivity contribution is 6.19. The molecule has 0 saturated carbocycles. The van der Waals surface area contributed by atoms with E-state index in [4.69, 9.17) is 0 Å². The normalized spacial score (nSPS) is 10.6. The largest absolute Gasteiger partial charge is 0.308 e. The zero-order chi connectivity index (χ0) is 29.6. The van der Waals surface area contributed by atoms with Gasteiger partial charge in [-0.2, -0.15) is 0 Å². The third-order valence-corrected chi connectivity index (χ3v) is 7.43. The van der Waals surface area contributed by atoms with Crippen molar-refractivity contribution in [3.63, 3.8) is 0 Å². The monoisotopic (exact) mass is 554 g/mol. The van der Waals surface area contributed by atoms with Crippen LogP contribution in [0.1, 0.15) is 33.4 Å². The van der Waals surface area contributed by atoms with Gasteiger partial charge in [0.1, 0.15) is 0 Å². The van der Waals surface area contributed by atoms with Crippen molar-refractivity contribution in [2.24, 2.45) is 0 Å². The van der Waals surface area contributed by atoms with Crippen LogP contribution in [0.2, 0.25) is 0 Å². The van der Waals surface area contributed by atoms with Crippen LogP contribution in [0.5, 0.6) is 0 Å². The lowest BCUT2D eigenvalue weighted by Crippen LogP contribution is -2.20. The van der Waals surface area contributed by atoms with Gasteiger partial charge >= 0.3 is 0 Å². The third kappa shape index (κ3) is 5.54. The number of benzene rings is 6. The number of hydrogen-bond donors (Lipinski definition) is 3. The number of para-hydroxylation sites is 3. The topological polar surface area (TPSA) is 74.8 Å². The Balaban J connectivity index is 1.61. The highest BCUT2D eigenvalue weighted by Crippen LogP contribution is 2.41. The summed E-state index contributed by atoms with van der Waals surface area (Å²) in [6, 6.07) is 52.9. The van der Waals surface area contributed by atoms with Crippen molar-refractivity contribution in [3.05, 3.63) is 197 Å². The van der Waals surface area contributed by atoms with E-state index < -0.39 is 0 Å². The highest BCUT2D eigenvalue weighted by atomic mass is 15.2. The predicted octanol–water partition coefficient (Wildman–Crippen LogP) is 9.40. The molecule has 0 aromatic heterocycles. The van der Waals surface area contributed by atoms with Crippen LogP contribution in [0, 0.1) is 16.2 Å². The van der Waals surface area contributed by atoms with E-state index in [-0.39, 0.29) is 0 Å². The predicted molar refractivity (Wildman–Crippen MR) is 178 cm³/mol. The van der Waals surface area contributed by atoms with Gasteiger partial charge in [0.15, 0.2) is 0 Å². The average molecular weight is 555 g/mol. The standard InChI is InChI=1S/C39H30N4/c40-37(28-16-4-1-5-17-28)31-22-10-13-25-34(31)43(35-26-14-11-23-32(35)38(41)29-18-6-2-7-19-29)36-27-15-12-24-33(36)39(42)30-20-8-3-9-21-30/h1-27,40-42H. The Morgan fingerprint density at radius 1 is 0.302 bits per heavy atom. The van der Waals surface area contributed by atoms with Gasteiger partial charge in [0, 0.05) is 33.4 Å². The summed E-state index contributed by atoms with van der Waals surface area (Å²) in [6.45, 7) is 0. The van der Waals surface area contributed by atoms with Gasteiger partial charge in [-0.3, -0.25) is 16.2 Å². The summed E-state index contributed by atoms with van der Waals surface area (Å²) in [7, 11) is 0. The summed E-state index contributed by atoms with van der Waals surface area (Å²) in [6.07, 6.45) is 0. The van der Waals surface area contributed by atoms with Gasteiger partial charge < -0.3 is 4.90 Å². The van der Waals surface area contributed by atoms with Gasteiger partial charge in [-0.15, -0.1) is 0 Å². The molecule has 6 aromatic rings. The van der Waals surface area contributed by atoms with Crippen molar-refractivity contribution in [1.29, 1.82) is 16.2 Å². The smallest absolute Gasteiger partial charge is 0.0705 e. The molecule has 206 valence electrons. The van der Waals surface area contributed by atoms with Crippen LogP contribution in [-0.4, -0.2) is 17.1 Å².